The Morgan fingerprint density at radius 2 is 1.66 bits per heavy atom. The Morgan fingerprint density at radius 1 is 0.931 bits per heavy atom. The monoisotopic (exact) mass is 406 g/mol. The lowest BCUT2D eigenvalue weighted by atomic mass is 10.2. The largest absolute Gasteiger partial charge is 0.457 e. The number of ether oxygens (including phenoxy) is 1. The van der Waals surface area contributed by atoms with Crippen LogP contribution in [0.15, 0.2) is 78.9 Å². The Labute approximate surface area is 171 Å². The molecule has 29 heavy (non-hydrogen) atoms. The van der Waals surface area contributed by atoms with Crippen LogP contribution in [-0.4, -0.2) is 27.2 Å². The molecular weight excluding hydrogens is 388 g/mol. The zero-order valence-electron chi connectivity index (χ0n) is 15.2. The van der Waals surface area contributed by atoms with Crippen molar-refractivity contribution in [2.45, 2.75) is 12.2 Å². The summed E-state index contributed by atoms with van der Waals surface area (Å²) in [5.74, 6) is 0.478. The molecule has 0 aliphatic rings. The van der Waals surface area contributed by atoms with Crippen LogP contribution in [0.2, 0.25) is 0 Å². The number of para-hydroxylation sites is 2. The SMILES string of the molecule is O=C(Nc1cccc(Oc2ccccc2)c1)C(O)C(O)c1nc2ccccc2s1. The van der Waals surface area contributed by atoms with Gasteiger partial charge in [0.05, 0.1) is 10.2 Å². The van der Waals surface area contributed by atoms with Crippen LogP contribution in [0.5, 0.6) is 11.5 Å². The molecular formula is C22H18N2O4S. The minimum absolute atomic E-state index is 0.287. The number of carbonyl (C=O) groups is 1. The molecule has 0 aliphatic heterocycles. The molecule has 4 rings (SSSR count). The van der Waals surface area contributed by atoms with Gasteiger partial charge in [-0.05, 0) is 36.4 Å². The molecule has 7 heteroatoms. The van der Waals surface area contributed by atoms with Gasteiger partial charge in [0.25, 0.3) is 5.91 Å². The molecule has 1 aromatic heterocycles. The number of nitrogens with one attached hydrogen (secondary N) is 1. The summed E-state index contributed by atoms with van der Waals surface area (Å²) in [7, 11) is 0. The highest BCUT2D eigenvalue weighted by Gasteiger charge is 2.28. The number of aromatic nitrogens is 1. The lowest BCUT2D eigenvalue weighted by molar-refractivity contribution is -0.129. The standard InChI is InChI=1S/C22H18N2O4S/c25-19(20(26)22-24-17-11-4-5-12-18(17)29-22)21(27)23-14-7-6-10-16(13-14)28-15-8-2-1-3-9-15/h1-13,19-20,25-26H,(H,23,27). The van der Waals surface area contributed by atoms with Gasteiger partial charge in [-0.15, -0.1) is 11.3 Å². The van der Waals surface area contributed by atoms with Crippen LogP contribution in [0.1, 0.15) is 11.1 Å². The quantitative estimate of drug-likeness (QED) is 0.448. The van der Waals surface area contributed by atoms with E-state index in [1.165, 1.54) is 11.3 Å². The molecule has 4 aromatic rings. The maximum absolute atomic E-state index is 12.4. The second-order valence-corrected chi connectivity index (χ2v) is 7.40. The van der Waals surface area contributed by atoms with Crippen LogP contribution < -0.4 is 10.1 Å². The summed E-state index contributed by atoms with van der Waals surface area (Å²) in [4.78, 5) is 16.7. The highest BCUT2D eigenvalue weighted by Crippen LogP contribution is 2.29. The molecule has 0 saturated heterocycles. The summed E-state index contributed by atoms with van der Waals surface area (Å²) in [5.41, 5.74) is 1.16. The third-order valence-corrected chi connectivity index (χ3v) is 5.32. The first kappa shape index (κ1) is 19.1. The van der Waals surface area contributed by atoms with Crippen LogP contribution in [0.25, 0.3) is 10.2 Å². The van der Waals surface area contributed by atoms with Gasteiger partial charge >= 0.3 is 0 Å². The average molecular weight is 406 g/mol. The van der Waals surface area contributed by atoms with E-state index >= 15 is 0 Å². The van der Waals surface area contributed by atoms with Gasteiger partial charge < -0.3 is 20.3 Å². The fraction of sp³-hybridized carbons (Fsp3) is 0.0909. The van der Waals surface area contributed by atoms with Crippen molar-refractivity contribution in [2.75, 3.05) is 5.32 Å². The number of hydrogen-bond acceptors (Lipinski definition) is 6. The van der Waals surface area contributed by atoms with E-state index in [1.54, 1.807) is 24.3 Å². The summed E-state index contributed by atoms with van der Waals surface area (Å²) in [5, 5.41) is 23.6. The van der Waals surface area contributed by atoms with Gasteiger partial charge in [0, 0.05) is 11.8 Å². The van der Waals surface area contributed by atoms with Gasteiger partial charge in [-0.3, -0.25) is 4.79 Å². The predicted molar refractivity (Wildman–Crippen MR) is 112 cm³/mol. The number of rotatable bonds is 6. The number of benzene rings is 3. The number of fused-ring (bicyclic) bond motifs is 1. The van der Waals surface area contributed by atoms with E-state index in [1.807, 2.05) is 54.6 Å². The molecule has 3 aromatic carbocycles. The van der Waals surface area contributed by atoms with Crippen LogP contribution in [-0.2, 0) is 4.79 Å². The van der Waals surface area contributed by atoms with E-state index in [2.05, 4.69) is 10.3 Å². The molecule has 1 amide bonds. The van der Waals surface area contributed by atoms with Crippen LogP contribution in [0, 0.1) is 0 Å². The topological polar surface area (TPSA) is 91.7 Å². The Hall–Kier alpha value is -3.26. The maximum atomic E-state index is 12.4. The molecule has 0 bridgehead atoms. The first-order chi connectivity index (χ1) is 14.1. The molecule has 0 saturated carbocycles. The third kappa shape index (κ3) is 4.43. The van der Waals surface area contributed by atoms with Gasteiger partial charge in [-0.25, -0.2) is 4.98 Å². The smallest absolute Gasteiger partial charge is 0.256 e. The third-order valence-electron chi connectivity index (χ3n) is 4.21. The molecule has 0 spiro atoms. The molecule has 0 fully saturated rings. The van der Waals surface area contributed by atoms with Gasteiger partial charge in [0.1, 0.15) is 22.6 Å². The summed E-state index contributed by atoms with van der Waals surface area (Å²) in [6, 6.07) is 23.4. The highest BCUT2D eigenvalue weighted by atomic mass is 32.1. The molecule has 6 nitrogen and oxygen atoms in total. The fourth-order valence-electron chi connectivity index (χ4n) is 2.77. The van der Waals surface area contributed by atoms with E-state index in [4.69, 9.17) is 4.74 Å². The number of aliphatic hydroxyl groups excluding tert-OH is 2. The normalized spacial score (nSPS) is 13.0. The van der Waals surface area contributed by atoms with Crippen molar-refractivity contribution in [2.24, 2.45) is 0 Å². The van der Waals surface area contributed by atoms with Crippen molar-refractivity contribution in [1.82, 2.24) is 4.98 Å². The van der Waals surface area contributed by atoms with E-state index in [0.29, 0.717) is 22.7 Å². The van der Waals surface area contributed by atoms with Gasteiger partial charge in [-0.2, -0.15) is 0 Å². The average Bonchev–Trinajstić information content (AvgIpc) is 3.18. The van der Waals surface area contributed by atoms with Crippen LogP contribution in [0.4, 0.5) is 5.69 Å². The van der Waals surface area contributed by atoms with Crippen molar-refractivity contribution >= 4 is 33.1 Å². The van der Waals surface area contributed by atoms with E-state index in [0.717, 1.165) is 4.70 Å². The minimum atomic E-state index is -1.66. The lowest BCUT2D eigenvalue weighted by Crippen LogP contribution is -2.33. The molecule has 2 unspecified atom stereocenters. The number of nitrogens with zero attached hydrogens (tertiary/aromatic N) is 1. The summed E-state index contributed by atoms with van der Waals surface area (Å²) in [6.07, 6.45) is -3.08. The van der Waals surface area contributed by atoms with Crippen molar-refractivity contribution < 1.29 is 19.7 Å². The number of aliphatic hydroxyl groups is 2. The Balaban J connectivity index is 1.44. The number of hydrogen-bond donors (Lipinski definition) is 3. The van der Waals surface area contributed by atoms with Gasteiger partial charge in [0.15, 0.2) is 6.10 Å². The fourth-order valence-corrected chi connectivity index (χ4v) is 3.76. The molecule has 2 atom stereocenters. The second-order valence-electron chi connectivity index (χ2n) is 6.34. The summed E-state index contributed by atoms with van der Waals surface area (Å²) in [6.45, 7) is 0. The van der Waals surface area contributed by atoms with Gasteiger partial charge in [0.2, 0.25) is 0 Å². The summed E-state index contributed by atoms with van der Waals surface area (Å²) >= 11 is 1.24. The van der Waals surface area contributed by atoms with Crippen LogP contribution >= 0.6 is 11.3 Å². The number of anilines is 1. The van der Waals surface area contributed by atoms with Gasteiger partial charge in [-0.1, -0.05) is 36.4 Å². The molecule has 0 aliphatic carbocycles. The Kier molecular flexibility index (Phi) is 5.53. The first-order valence-electron chi connectivity index (χ1n) is 8.95. The summed E-state index contributed by atoms with van der Waals surface area (Å²) < 4.78 is 6.61. The molecule has 3 N–H and O–H groups in total. The van der Waals surface area contributed by atoms with E-state index in [-0.39, 0.29) is 5.01 Å². The zero-order valence-corrected chi connectivity index (χ0v) is 16.0. The lowest BCUT2D eigenvalue weighted by Gasteiger charge is -2.16. The predicted octanol–water partition coefficient (Wildman–Crippen LogP) is 4.12. The maximum Gasteiger partial charge on any atom is 0.256 e. The van der Waals surface area contributed by atoms with Crippen molar-refractivity contribution in [3.05, 3.63) is 83.9 Å². The highest BCUT2D eigenvalue weighted by molar-refractivity contribution is 7.18. The molecule has 1 heterocycles. The number of amides is 1. The zero-order chi connectivity index (χ0) is 20.2. The molecule has 146 valence electrons. The molecule has 0 radical (unpaired) electrons. The van der Waals surface area contributed by atoms with E-state index < -0.39 is 18.1 Å². The van der Waals surface area contributed by atoms with E-state index in [9.17, 15) is 15.0 Å². The Bertz CT molecular complexity index is 1100. The first-order valence-corrected chi connectivity index (χ1v) is 9.77. The number of carbonyl (C=O) groups excluding carboxylic acids is 1. The van der Waals surface area contributed by atoms with Crippen molar-refractivity contribution in [1.29, 1.82) is 0 Å². The Morgan fingerprint density at radius 3 is 2.45 bits per heavy atom. The minimum Gasteiger partial charge on any atom is -0.457 e. The second kappa shape index (κ2) is 8.40. The van der Waals surface area contributed by atoms with Crippen molar-refractivity contribution in [3.63, 3.8) is 0 Å². The number of thiazole rings is 1. The van der Waals surface area contributed by atoms with Crippen molar-refractivity contribution in [3.8, 4) is 11.5 Å². The van der Waals surface area contributed by atoms with Crippen LogP contribution in [0.3, 0.4) is 0 Å².